The van der Waals surface area contributed by atoms with Crippen LogP contribution in [0, 0.1) is 5.92 Å². The van der Waals surface area contributed by atoms with E-state index < -0.39 is 23.1 Å². The fourth-order valence-electron chi connectivity index (χ4n) is 2.11. The zero-order valence-electron chi connectivity index (χ0n) is 14.8. The van der Waals surface area contributed by atoms with Crippen LogP contribution in [0.2, 0.25) is 0 Å². The minimum Gasteiger partial charge on any atom is -0.345 e. The highest BCUT2D eigenvalue weighted by Gasteiger charge is 2.35. The maximum absolute atomic E-state index is 12.5. The van der Waals surface area contributed by atoms with Crippen molar-refractivity contribution in [1.29, 1.82) is 0 Å². The van der Waals surface area contributed by atoms with Crippen molar-refractivity contribution < 1.29 is 22.8 Å². The molecule has 27 heavy (non-hydrogen) atoms. The molecular formula is C16H20F3N5O2S. The first-order valence-electron chi connectivity index (χ1n) is 8.20. The molecule has 0 radical (unpaired) electrons. The van der Waals surface area contributed by atoms with Gasteiger partial charge in [-0.15, -0.1) is 10.2 Å². The van der Waals surface area contributed by atoms with E-state index in [1.165, 1.54) is 6.08 Å². The summed E-state index contributed by atoms with van der Waals surface area (Å²) in [5.74, 6) is -0.829. The normalized spacial score (nSPS) is 18.2. The van der Waals surface area contributed by atoms with E-state index in [0.717, 1.165) is 19.0 Å². The molecule has 2 amide bonds. The minimum atomic E-state index is -4.61. The number of anilines is 1. The Bertz CT molecular complexity index is 741. The summed E-state index contributed by atoms with van der Waals surface area (Å²) in [6.45, 7) is 8.51. The number of halogens is 3. The van der Waals surface area contributed by atoms with Crippen LogP contribution in [0.1, 0.15) is 25.3 Å². The Kier molecular flexibility index (Phi) is 6.71. The molecule has 1 saturated heterocycles. The lowest BCUT2D eigenvalue weighted by atomic mass is 9.96. The van der Waals surface area contributed by atoms with E-state index in [0.29, 0.717) is 5.57 Å². The van der Waals surface area contributed by atoms with E-state index in [1.54, 1.807) is 0 Å². The molecule has 11 heteroatoms. The standard InChI is InChI=1S/C16H20F3N5O2S/c1-8(2)9(3)10(21-13(26)11-6-7-20-11)4-5-12(25)22-15-24-23-14(27-15)16(17,18)19/h4-5,8,10-11,20H,3,6-7H2,1-2H3,(H,21,26)(H,22,24,25)/b5-4+/t10-,11+/m1/s1. The minimum absolute atomic E-state index is 0.0508. The predicted octanol–water partition coefficient (Wildman–Crippen LogP) is 2.11. The number of rotatable bonds is 7. The average molecular weight is 403 g/mol. The highest BCUT2D eigenvalue weighted by Crippen LogP contribution is 2.32. The third kappa shape index (κ3) is 5.86. The first-order valence-corrected chi connectivity index (χ1v) is 9.02. The topological polar surface area (TPSA) is 96.0 Å². The number of hydrogen-bond donors (Lipinski definition) is 3. The van der Waals surface area contributed by atoms with Crippen molar-refractivity contribution in [2.75, 3.05) is 11.9 Å². The first-order chi connectivity index (χ1) is 12.6. The maximum Gasteiger partial charge on any atom is 0.445 e. The number of carbonyl (C=O) groups excluding carboxylic acids is 2. The molecule has 0 saturated carbocycles. The summed E-state index contributed by atoms with van der Waals surface area (Å²) in [6, 6.07) is -0.845. The van der Waals surface area contributed by atoms with Gasteiger partial charge in [0.15, 0.2) is 0 Å². The van der Waals surface area contributed by atoms with Gasteiger partial charge in [-0.05, 0) is 24.5 Å². The van der Waals surface area contributed by atoms with Crippen molar-refractivity contribution >= 4 is 28.3 Å². The number of carbonyl (C=O) groups is 2. The molecule has 0 aromatic carbocycles. The summed E-state index contributed by atoms with van der Waals surface area (Å²) in [7, 11) is 0. The highest BCUT2D eigenvalue weighted by atomic mass is 32.1. The number of nitrogens with one attached hydrogen (secondary N) is 3. The van der Waals surface area contributed by atoms with E-state index in [-0.39, 0.29) is 34.3 Å². The molecule has 1 fully saturated rings. The van der Waals surface area contributed by atoms with Crippen LogP contribution in [0.15, 0.2) is 24.3 Å². The van der Waals surface area contributed by atoms with Gasteiger partial charge in [0.25, 0.3) is 0 Å². The van der Waals surface area contributed by atoms with Crippen molar-refractivity contribution in [1.82, 2.24) is 20.8 Å². The van der Waals surface area contributed by atoms with Gasteiger partial charge in [0.05, 0.1) is 12.1 Å². The van der Waals surface area contributed by atoms with Gasteiger partial charge in [0, 0.05) is 6.08 Å². The van der Waals surface area contributed by atoms with Gasteiger partial charge in [-0.2, -0.15) is 13.2 Å². The second-order valence-electron chi connectivity index (χ2n) is 6.27. The molecule has 7 nitrogen and oxygen atoms in total. The molecule has 1 aliphatic heterocycles. The number of aromatic nitrogens is 2. The SMILES string of the molecule is C=C(C(C)C)[C@@H](/C=C/C(=O)Nc1nnc(C(F)(F)F)s1)NC(=O)[C@@H]1CCN1. The van der Waals surface area contributed by atoms with Crippen LogP contribution in [0.3, 0.4) is 0 Å². The number of amides is 2. The molecular weight excluding hydrogens is 383 g/mol. The summed E-state index contributed by atoms with van der Waals surface area (Å²) < 4.78 is 37.5. The van der Waals surface area contributed by atoms with E-state index in [9.17, 15) is 22.8 Å². The Labute approximate surface area is 158 Å². The van der Waals surface area contributed by atoms with E-state index in [1.807, 2.05) is 13.8 Å². The molecule has 2 rings (SSSR count). The average Bonchev–Trinajstić information content (AvgIpc) is 2.97. The molecule has 1 aliphatic rings. The summed E-state index contributed by atoms with van der Waals surface area (Å²) in [5, 5.41) is 12.9. The Morgan fingerprint density at radius 2 is 2.04 bits per heavy atom. The van der Waals surface area contributed by atoms with Gasteiger partial charge in [-0.1, -0.05) is 37.8 Å². The van der Waals surface area contributed by atoms with Gasteiger partial charge >= 0.3 is 6.18 Å². The van der Waals surface area contributed by atoms with Crippen LogP contribution in [-0.4, -0.2) is 40.6 Å². The number of hydrogen-bond acceptors (Lipinski definition) is 6. The van der Waals surface area contributed by atoms with Crippen LogP contribution in [0.4, 0.5) is 18.3 Å². The predicted molar refractivity (Wildman–Crippen MR) is 95.0 cm³/mol. The summed E-state index contributed by atoms with van der Waals surface area (Å²) >= 11 is 0.230. The highest BCUT2D eigenvalue weighted by molar-refractivity contribution is 7.15. The Morgan fingerprint density at radius 1 is 1.37 bits per heavy atom. The molecule has 0 aliphatic carbocycles. The Morgan fingerprint density at radius 3 is 2.52 bits per heavy atom. The van der Waals surface area contributed by atoms with E-state index in [2.05, 4.69) is 32.7 Å². The number of alkyl halides is 3. The zero-order chi connectivity index (χ0) is 20.2. The Hall–Kier alpha value is -2.27. The zero-order valence-corrected chi connectivity index (χ0v) is 15.6. The van der Waals surface area contributed by atoms with Gasteiger partial charge < -0.3 is 10.6 Å². The van der Waals surface area contributed by atoms with Crippen LogP contribution >= 0.6 is 11.3 Å². The van der Waals surface area contributed by atoms with Gasteiger partial charge in [-0.3, -0.25) is 14.9 Å². The second kappa shape index (κ2) is 8.61. The lowest BCUT2D eigenvalue weighted by Gasteiger charge is -2.29. The monoisotopic (exact) mass is 403 g/mol. The molecule has 1 aromatic rings. The molecule has 2 heterocycles. The van der Waals surface area contributed by atoms with Crippen LogP contribution in [0.25, 0.3) is 0 Å². The lowest BCUT2D eigenvalue weighted by molar-refractivity contribution is -0.138. The quantitative estimate of drug-likeness (QED) is 0.479. The molecule has 148 valence electrons. The maximum atomic E-state index is 12.5. The third-order valence-corrected chi connectivity index (χ3v) is 4.80. The Balaban J connectivity index is 2.00. The van der Waals surface area contributed by atoms with Gasteiger partial charge in [0.1, 0.15) is 0 Å². The summed E-state index contributed by atoms with van der Waals surface area (Å²) in [6.07, 6.45) is -1.31. The molecule has 0 spiro atoms. The first kappa shape index (κ1) is 21.0. The smallest absolute Gasteiger partial charge is 0.345 e. The van der Waals surface area contributed by atoms with Crippen molar-refractivity contribution in [2.24, 2.45) is 5.92 Å². The fourth-order valence-corrected chi connectivity index (χ4v) is 2.72. The van der Waals surface area contributed by atoms with Crippen LogP contribution in [0.5, 0.6) is 0 Å². The third-order valence-electron chi connectivity index (χ3n) is 3.92. The molecule has 2 atom stereocenters. The van der Waals surface area contributed by atoms with Gasteiger partial charge in [-0.25, -0.2) is 0 Å². The van der Waals surface area contributed by atoms with Crippen LogP contribution in [-0.2, 0) is 15.8 Å². The van der Waals surface area contributed by atoms with Crippen molar-refractivity contribution in [3.63, 3.8) is 0 Å². The largest absolute Gasteiger partial charge is 0.445 e. The van der Waals surface area contributed by atoms with Crippen molar-refractivity contribution in [3.8, 4) is 0 Å². The fraction of sp³-hybridized carbons (Fsp3) is 0.500. The molecule has 1 aromatic heterocycles. The number of nitrogens with zero attached hydrogens (tertiary/aromatic N) is 2. The van der Waals surface area contributed by atoms with E-state index >= 15 is 0 Å². The molecule has 0 bridgehead atoms. The molecule has 0 unspecified atom stereocenters. The van der Waals surface area contributed by atoms with Gasteiger partial charge in [0.2, 0.25) is 22.0 Å². The molecule has 3 N–H and O–H groups in total. The van der Waals surface area contributed by atoms with Crippen LogP contribution < -0.4 is 16.0 Å². The second-order valence-corrected chi connectivity index (χ2v) is 7.25. The van der Waals surface area contributed by atoms with Crippen molar-refractivity contribution in [3.05, 3.63) is 29.3 Å². The lowest BCUT2D eigenvalue weighted by Crippen LogP contribution is -2.55. The summed E-state index contributed by atoms with van der Waals surface area (Å²) in [4.78, 5) is 24.1. The van der Waals surface area contributed by atoms with E-state index in [4.69, 9.17) is 0 Å². The summed E-state index contributed by atoms with van der Waals surface area (Å²) in [5.41, 5.74) is 0.696. The van der Waals surface area contributed by atoms with Crippen molar-refractivity contribution in [2.45, 2.75) is 38.5 Å².